The topological polar surface area (TPSA) is 72.2 Å². The molecule has 0 aliphatic heterocycles. The molecule has 7 heteroatoms. The molecule has 4 nitrogen and oxygen atoms in total. The van der Waals surface area contributed by atoms with Crippen LogP contribution in [-0.4, -0.2) is 8.42 Å². The Kier molecular flexibility index (Phi) is 4.78. The van der Waals surface area contributed by atoms with Gasteiger partial charge in [-0.05, 0) is 48.4 Å². The van der Waals surface area contributed by atoms with Crippen LogP contribution in [-0.2, 0) is 16.6 Å². The van der Waals surface area contributed by atoms with Crippen LogP contribution in [0.2, 0.25) is 10.0 Å². The molecule has 3 N–H and O–H groups in total. The molecule has 0 fully saturated rings. The van der Waals surface area contributed by atoms with Crippen molar-refractivity contribution in [2.24, 2.45) is 5.73 Å². The quantitative estimate of drug-likeness (QED) is 0.890. The molecule has 0 aliphatic carbocycles. The molecule has 21 heavy (non-hydrogen) atoms. The lowest BCUT2D eigenvalue weighted by molar-refractivity contribution is 0.601. The second-order valence-corrected chi connectivity index (χ2v) is 7.04. The summed E-state index contributed by atoms with van der Waals surface area (Å²) in [6, 6.07) is 9.49. The van der Waals surface area contributed by atoms with Gasteiger partial charge in [-0.2, -0.15) is 0 Å². The third-order valence-electron chi connectivity index (χ3n) is 2.91. The number of halogens is 2. The van der Waals surface area contributed by atoms with E-state index >= 15 is 0 Å². The van der Waals surface area contributed by atoms with Crippen LogP contribution in [0.1, 0.15) is 11.1 Å². The summed E-state index contributed by atoms with van der Waals surface area (Å²) < 4.78 is 27.3. The maximum absolute atomic E-state index is 12.4. The van der Waals surface area contributed by atoms with Gasteiger partial charge in [-0.3, -0.25) is 4.72 Å². The highest BCUT2D eigenvalue weighted by molar-refractivity contribution is 7.92. The Morgan fingerprint density at radius 3 is 2.43 bits per heavy atom. The Hall–Kier alpha value is -1.27. The fraction of sp³-hybridized carbons (Fsp3) is 0.143. The zero-order valence-electron chi connectivity index (χ0n) is 11.2. The van der Waals surface area contributed by atoms with Gasteiger partial charge >= 0.3 is 0 Å². The number of benzene rings is 2. The van der Waals surface area contributed by atoms with Crippen LogP contribution in [0.25, 0.3) is 0 Å². The van der Waals surface area contributed by atoms with E-state index in [4.69, 9.17) is 28.9 Å². The van der Waals surface area contributed by atoms with Crippen molar-refractivity contribution in [3.63, 3.8) is 0 Å². The standard InChI is InChI=1S/C14H14Cl2N2O2S/c1-9-2-4-13(16)14(6-9)18-21(19,20)11-3-5-12(15)10(7-11)8-17/h2-7,18H,8,17H2,1H3. The van der Waals surface area contributed by atoms with Crippen LogP contribution in [0.3, 0.4) is 0 Å². The average Bonchev–Trinajstić information content (AvgIpc) is 2.43. The van der Waals surface area contributed by atoms with Crippen molar-refractivity contribution in [3.05, 3.63) is 57.6 Å². The van der Waals surface area contributed by atoms with Crippen LogP contribution in [0.5, 0.6) is 0 Å². The molecule has 0 bridgehead atoms. The fourth-order valence-corrected chi connectivity index (χ4v) is 3.33. The summed E-state index contributed by atoms with van der Waals surface area (Å²) in [6.45, 7) is 2.01. The highest BCUT2D eigenvalue weighted by Gasteiger charge is 2.17. The second-order valence-electron chi connectivity index (χ2n) is 4.55. The van der Waals surface area contributed by atoms with Gasteiger partial charge in [-0.1, -0.05) is 29.3 Å². The average molecular weight is 345 g/mol. The highest BCUT2D eigenvalue weighted by atomic mass is 35.5. The molecule has 0 atom stereocenters. The molecule has 0 unspecified atom stereocenters. The maximum Gasteiger partial charge on any atom is 0.261 e. The van der Waals surface area contributed by atoms with E-state index in [9.17, 15) is 8.42 Å². The Bertz CT molecular complexity index is 777. The summed E-state index contributed by atoms with van der Waals surface area (Å²) in [6.07, 6.45) is 0. The van der Waals surface area contributed by atoms with Gasteiger partial charge in [0, 0.05) is 11.6 Å². The van der Waals surface area contributed by atoms with Crippen molar-refractivity contribution < 1.29 is 8.42 Å². The lowest BCUT2D eigenvalue weighted by Gasteiger charge is -2.11. The molecule has 0 aliphatic rings. The zero-order chi connectivity index (χ0) is 15.6. The number of anilines is 1. The Balaban J connectivity index is 2.41. The van der Waals surface area contributed by atoms with Crippen LogP contribution in [0.4, 0.5) is 5.69 Å². The van der Waals surface area contributed by atoms with Crippen molar-refractivity contribution >= 4 is 38.9 Å². The summed E-state index contributed by atoms with van der Waals surface area (Å²) in [5, 5.41) is 0.766. The summed E-state index contributed by atoms with van der Waals surface area (Å²) in [5.74, 6) is 0. The molecular formula is C14H14Cl2N2O2S. The number of rotatable bonds is 4. The molecule has 0 saturated heterocycles. The summed E-state index contributed by atoms with van der Waals surface area (Å²) >= 11 is 11.9. The number of hydrogen-bond donors (Lipinski definition) is 2. The molecule has 2 aromatic rings. The maximum atomic E-state index is 12.4. The normalized spacial score (nSPS) is 11.4. The summed E-state index contributed by atoms with van der Waals surface area (Å²) in [5.41, 5.74) is 7.34. The van der Waals surface area contributed by atoms with E-state index in [1.807, 2.05) is 6.92 Å². The Morgan fingerprint density at radius 1 is 1.10 bits per heavy atom. The minimum absolute atomic E-state index is 0.0879. The van der Waals surface area contributed by atoms with Gasteiger partial charge in [-0.25, -0.2) is 8.42 Å². The Labute approximate surface area is 133 Å². The second kappa shape index (κ2) is 6.23. The lowest BCUT2D eigenvalue weighted by atomic mass is 10.2. The number of aryl methyl sites for hydroxylation is 1. The molecule has 0 aromatic heterocycles. The third kappa shape index (κ3) is 3.68. The van der Waals surface area contributed by atoms with Crippen LogP contribution in [0.15, 0.2) is 41.3 Å². The molecule has 0 amide bonds. The van der Waals surface area contributed by atoms with E-state index in [0.29, 0.717) is 21.3 Å². The van der Waals surface area contributed by atoms with Crippen molar-refractivity contribution in [1.82, 2.24) is 0 Å². The van der Waals surface area contributed by atoms with Crippen molar-refractivity contribution in [3.8, 4) is 0 Å². The van der Waals surface area contributed by atoms with Gasteiger partial charge < -0.3 is 5.73 Å². The number of sulfonamides is 1. The van der Waals surface area contributed by atoms with E-state index < -0.39 is 10.0 Å². The predicted molar refractivity (Wildman–Crippen MR) is 86.3 cm³/mol. The van der Waals surface area contributed by atoms with E-state index in [0.717, 1.165) is 5.56 Å². The number of hydrogen-bond acceptors (Lipinski definition) is 3. The van der Waals surface area contributed by atoms with Gasteiger partial charge in [0.25, 0.3) is 10.0 Å². The molecule has 0 heterocycles. The largest absolute Gasteiger partial charge is 0.326 e. The third-order valence-corrected chi connectivity index (χ3v) is 4.98. The summed E-state index contributed by atoms with van der Waals surface area (Å²) in [7, 11) is -3.75. The molecule has 0 radical (unpaired) electrons. The molecule has 0 saturated carbocycles. The van der Waals surface area contributed by atoms with Crippen molar-refractivity contribution in [1.29, 1.82) is 0 Å². The first-order valence-electron chi connectivity index (χ1n) is 6.11. The van der Waals surface area contributed by atoms with E-state index in [2.05, 4.69) is 4.72 Å². The minimum Gasteiger partial charge on any atom is -0.326 e. The summed E-state index contributed by atoms with van der Waals surface area (Å²) in [4.78, 5) is 0.0879. The van der Waals surface area contributed by atoms with Gasteiger partial charge in [0.05, 0.1) is 15.6 Å². The van der Waals surface area contributed by atoms with Crippen molar-refractivity contribution in [2.45, 2.75) is 18.4 Å². The lowest BCUT2D eigenvalue weighted by Crippen LogP contribution is -2.14. The van der Waals surface area contributed by atoms with E-state index in [-0.39, 0.29) is 11.4 Å². The van der Waals surface area contributed by atoms with Gasteiger partial charge in [0.2, 0.25) is 0 Å². The van der Waals surface area contributed by atoms with Crippen LogP contribution in [0, 0.1) is 6.92 Å². The predicted octanol–water partition coefficient (Wildman–Crippen LogP) is 3.56. The van der Waals surface area contributed by atoms with Crippen molar-refractivity contribution in [2.75, 3.05) is 4.72 Å². The molecule has 0 spiro atoms. The van der Waals surface area contributed by atoms with Gasteiger partial charge in [-0.15, -0.1) is 0 Å². The highest BCUT2D eigenvalue weighted by Crippen LogP contribution is 2.27. The van der Waals surface area contributed by atoms with Crippen LogP contribution < -0.4 is 10.5 Å². The smallest absolute Gasteiger partial charge is 0.261 e. The SMILES string of the molecule is Cc1ccc(Cl)c(NS(=O)(=O)c2ccc(Cl)c(CN)c2)c1. The fourth-order valence-electron chi connectivity index (χ4n) is 1.80. The Morgan fingerprint density at radius 2 is 1.76 bits per heavy atom. The minimum atomic E-state index is -3.75. The van der Waals surface area contributed by atoms with E-state index in [1.165, 1.54) is 18.2 Å². The first-order valence-corrected chi connectivity index (χ1v) is 8.35. The molecule has 112 valence electrons. The van der Waals surface area contributed by atoms with Gasteiger partial charge in [0.15, 0.2) is 0 Å². The van der Waals surface area contributed by atoms with Gasteiger partial charge in [0.1, 0.15) is 0 Å². The first kappa shape index (κ1) is 16.1. The number of nitrogens with two attached hydrogens (primary N) is 1. The molecule has 2 rings (SSSR count). The molecule has 2 aromatic carbocycles. The zero-order valence-corrected chi connectivity index (χ0v) is 13.6. The number of nitrogens with one attached hydrogen (secondary N) is 1. The van der Waals surface area contributed by atoms with E-state index in [1.54, 1.807) is 18.2 Å². The molecular weight excluding hydrogens is 331 g/mol. The first-order chi connectivity index (χ1) is 9.83. The monoisotopic (exact) mass is 344 g/mol. The van der Waals surface area contributed by atoms with Crippen LogP contribution >= 0.6 is 23.2 Å².